The summed E-state index contributed by atoms with van der Waals surface area (Å²) in [5, 5.41) is 8.54. The SMILES string of the molecule is Cc1cc(C(=O)OCC(=O)N(C)CCC#N)c(C)n1-c1ccccc1. The van der Waals surface area contributed by atoms with E-state index in [0.717, 1.165) is 17.1 Å². The molecule has 0 aliphatic carbocycles. The van der Waals surface area contributed by atoms with Crippen LogP contribution in [0.25, 0.3) is 5.69 Å². The van der Waals surface area contributed by atoms with Crippen molar-refractivity contribution < 1.29 is 14.3 Å². The highest BCUT2D eigenvalue weighted by Gasteiger charge is 2.19. The van der Waals surface area contributed by atoms with E-state index in [4.69, 9.17) is 10.00 Å². The normalized spacial score (nSPS) is 10.2. The van der Waals surface area contributed by atoms with Crippen molar-refractivity contribution in [3.05, 3.63) is 53.3 Å². The molecule has 1 aromatic carbocycles. The molecule has 6 heteroatoms. The number of benzene rings is 1. The van der Waals surface area contributed by atoms with E-state index in [1.165, 1.54) is 4.90 Å². The Labute approximate surface area is 147 Å². The Morgan fingerprint density at radius 1 is 1.24 bits per heavy atom. The third kappa shape index (κ3) is 4.27. The zero-order valence-electron chi connectivity index (χ0n) is 14.7. The second-order valence-electron chi connectivity index (χ2n) is 5.76. The van der Waals surface area contributed by atoms with Crippen LogP contribution in [0.15, 0.2) is 36.4 Å². The van der Waals surface area contributed by atoms with E-state index < -0.39 is 5.97 Å². The lowest BCUT2D eigenvalue weighted by Gasteiger charge is -2.15. The van der Waals surface area contributed by atoms with Crippen LogP contribution in [0.2, 0.25) is 0 Å². The monoisotopic (exact) mass is 339 g/mol. The Morgan fingerprint density at radius 3 is 2.56 bits per heavy atom. The number of aryl methyl sites for hydroxylation is 1. The number of carbonyl (C=O) groups is 2. The van der Waals surface area contributed by atoms with Crippen molar-refractivity contribution in [3.63, 3.8) is 0 Å². The van der Waals surface area contributed by atoms with Gasteiger partial charge in [-0.15, -0.1) is 0 Å². The minimum Gasteiger partial charge on any atom is -0.452 e. The number of para-hydroxylation sites is 1. The van der Waals surface area contributed by atoms with Crippen LogP contribution in [0, 0.1) is 25.2 Å². The largest absolute Gasteiger partial charge is 0.452 e. The van der Waals surface area contributed by atoms with Gasteiger partial charge in [-0.05, 0) is 32.0 Å². The molecule has 2 rings (SSSR count). The number of ether oxygens (including phenoxy) is 1. The highest BCUT2D eigenvalue weighted by atomic mass is 16.5. The zero-order valence-corrected chi connectivity index (χ0v) is 14.7. The van der Waals surface area contributed by atoms with Crippen molar-refractivity contribution >= 4 is 11.9 Å². The van der Waals surface area contributed by atoms with Crippen molar-refractivity contribution in [2.75, 3.05) is 20.2 Å². The molecule has 0 unspecified atom stereocenters. The maximum absolute atomic E-state index is 12.3. The average Bonchev–Trinajstić information content (AvgIpc) is 2.92. The van der Waals surface area contributed by atoms with Crippen LogP contribution in [0.1, 0.15) is 28.2 Å². The van der Waals surface area contributed by atoms with Gasteiger partial charge in [0.15, 0.2) is 6.61 Å². The van der Waals surface area contributed by atoms with E-state index in [1.54, 1.807) is 13.1 Å². The molecule has 0 radical (unpaired) electrons. The summed E-state index contributed by atoms with van der Waals surface area (Å²) >= 11 is 0. The number of esters is 1. The molecule has 1 heterocycles. The standard InChI is InChI=1S/C19H21N3O3/c1-14-12-17(15(2)22(14)16-8-5-4-6-9-16)19(24)25-13-18(23)21(3)11-7-10-20/h4-6,8-9,12H,7,11,13H2,1-3H3. The molecule has 1 amide bonds. The van der Waals surface area contributed by atoms with Gasteiger partial charge in [-0.3, -0.25) is 4.79 Å². The fourth-order valence-electron chi connectivity index (χ4n) is 2.60. The quantitative estimate of drug-likeness (QED) is 0.758. The maximum atomic E-state index is 12.3. The molecule has 0 spiro atoms. The number of carbonyl (C=O) groups excluding carboxylic acids is 2. The van der Waals surface area contributed by atoms with Gasteiger partial charge in [0.1, 0.15) is 0 Å². The van der Waals surface area contributed by atoms with Gasteiger partial charge in [-0.1, -0.05) is 18.2 Å². The molecule has 0 saturated carbocycles. The molecule has 130 valence electrons. The maximum Gasteiger partial charge on any atom is 0.340 e. The van der Waals surface area contributed by atoms with Gasteiger partial charge >= 0.3 is 5.97 Å². The number of hydrogen-bond donors (Lipinski definition) is 0. The summed E-state index contributed by atoms with van der Waals surface area (Å²) in [6, 6.07) is 13.4. The highest BCUT2D eigenvalue weighted by Crippen LogP contribution is 2.21. The van der Waals surface area contributed by atoms with Crippen LogP contribution in [0.3, 0.4) is 0 Å². The van der Waals surface area contributed by atoms with Gasteiger partial charge in [0.25, 0.3) is 5.91 Å². The molecule has 0 aliphatic heterocycles. The molecular weight excluding hydrogens is 318 g/mol. The summed E-state index contributed by atoms with van der Waals surface area (Å²) in [6.07, 6.45) is 0.244. The van der Waals surface area contributed by atoms with Crippen molar-refractivity contribution in [1.82, 2.24) is 9.47 Å². The third-order valence-electron chi connectivity index (χ3n) is 3.98. The smallest absolute Gasteiger partial charge is 0.340 e. The molecule has 25 heavy (non-hydrogen) atoms. The number of nitriles is 1. The van der Waals surface area contributed by atoms with E-state index >= 15 is 0 Å². The second kappa shape index (κ2) is 8.15. The lowest BCUT2D eigenvalue weighted by molar-refractivity contribution is -0.133. The van der Waals surface area contributed by atoms with E-state index in [0.29, 0.717) is 12.1 Å². The zero-order chi connectivity index (χ0) is 18.4. The number of nitrogens with zero attached hydrogens (tertiary/aromatic N) is 3. The molecule has 0 N–H and O–H groups in total. The molecule has 2 aromatic rings. The first-order valence-electron chi connectivity index (χ1n) is 7.98. The number of hydrogen-bond acceptors (Lipinski definition) is 4. The van der Waals surface area contributed by atoms with E-state index in [1.807, 2.05) is 54.8 Å². The van der Waals surface area contributed by atoms with Gasteiger partial charge in [0, 0.05) is 30.7 Å². The first kappa shape index (κ1) is 18.3. The summed E-state index contributed by atoms with van der Waals surface area (Å²) in [4.78, 5) is 25.6. The molecular formula is C19H21N3O3. The topological polar surface area (TPSA) is 75.3 Å². The predicted octanol–water partition coefficient (Wildman–Crippen LogP) is 2.62. The highest BCUT2D eigenvalue weighted by molar-refractivity contribution is 5.93. The van der Waals surface area contributed by atoms with E-state index in [2.05, 4.69) is 0 Å². The second-order valence-corrected chi connectivity index (χ2v) is 5.76. The fraction of sp³-hybridized carbons (Fsp3) is 0.316. The van der Waals surface area contributed by atoms with Crippen LogP contribution in [0.5, 0.6) is 0 Å². The summed E-state index contributed by atoms with van der Waals surface area (Å²) in [5.41, 5.74) is 3.07. The fourth-order valence-corrected chi connectivity index (χ4v) is 2.60. The minimum absolute atomic E-state index is 0.244. The average molecular weight is 339 g/mol. The summed E-state index contributed by atoms with van der Waals surface area (Å²) in [5.74, 6) is -0.863. The predicted molar refractivity (Wildman–Crippen MR) is 93.4 cm³/mol. The van der Waals surface area contributed by atoms with E-state index in [-0.39, 0.29) is 18.9 Å². The Balaban J connectivity index is 2.08. The molecule has 0 bridgehead atoms. The van der Waals surface area contributed by atoms with Crippen molar-refractivity contribution in [3.8, 4) is 11.8 Å². The Hall–Kier alpha value is -3.07. The van der Waals surface area contributed by atoms with Gasteiger partial charge < -0.3 is 14.2 Å². The van der Waals surface area contributed by atoms with Crippen molar-refractivity contribution in [2.45, 2.75) is 20.3 Å². The molecule has 1 aromatic heterocycles. The molecule has 0 aliphatic rings. The number of aromatic nitrogens is 1. The van der Waals surface area contributed by atoms with Gasteiger partial charge in [-0.25, -0.2) is 4.79 Å². The lowest BCUT2D eigenvalue weighted by atomic mass is 10.2. The van der Waals surface area contributed by atoms with Gasteiger partial charge in [0.05, 0.1) is 18.1 Å². The molecule has 6 nitrogen and oxygen atoms in total. The van der Waals surface area contributed by atoms with Crippen LogP contribution in [0.4, 0.5) is 0 Å². The Bertz CT molecular complexity index is 803. The van der Waals surface area contributed by atoms with Crippen LogP contribution in [-0.2, 0) is 9.53 Å². The van der Waals surface area contributed by atoms with Crippen molar-refractivity contribution in [2.24, 2.45) is 0 Å². The van der Waals surface area contributed by atoms with Gasteiger partial charge in [0.2, 0.25) is 0 Å². The Morgan fingerprint density at radius 2 is 1.92 bits per heavy atom. The minimum atomic E-state index is -0.530. The number of amides is 1. The van der Waals surface area contributed by atoms with E-state index in [9.17, 15) is 9.59 Å². The summed E-state index contributed by atoms with van der Waals surface area (Å²) in [7, 11) is 1.58. The Kier molecular flexibility index (Phi) is 5.96. The number of likely N-dealkylation sites (N-methyl/N-ethyl adjacent to an activating group) is 1. The van der Waals surface area contributed by atoms with Crippen LogP contribution < -0.4 is 0 Å². The third-order valence-corrected chi connectivity index (χ3v) is 3.98. The molecule has 0 atom stereocenters. The lowest BCUT2D eigenvalue weighted by Crippen LogP contribution is -2.32. The molecule has 0 saturated heterocycles. The molecule has 0 fully saturated rings. The first-order chi connectivity index (χ1) is 12.0. The number of rotatable bonds is 6. The van der Waals surface area contributed by atoms with Gasteiger partial charge in [-0.2, -0.15) is 5.26 Å². The van der Waals surface area contributed by atoms with Crippen molar-refractivity contribution in [1.29, 1.82) is 5.26 Å². The summed E-state index contributed by atoms with van der Waals surface area (Å²) < 4.78 is 7.12. The van der Waals surface area contributed by atoms with Crippen LogP contribution >= 0.6 is 0 Å². The van der Waals surface area contributed by atoms with Crippen LogP contribution in [-0.4, -0.2) is 41.5 Å². The summed E-state index contributed by atoms with van der Waals surface area (Å²) in [6.45, 7) is 3.74. The first-order valence-corrected chi connectivity index (χ1v) is 7.98.